The Hall–Kier alpha value is -0.570. The Morgan fingerprint density at radius 2 is 1.94 bits per heavy atom. The van der Waals surface area contributed by atoms with E-state index in [1.54, 1.807) is 0 Å². The van der Waals surface area contributed by atoms with Crippen LogP contribution in [-0.4, -0.2) is 18.5 Å². The molecule has 94 valence electrons. The van der Waals surface area contributed by atoms with Crippen LogP contribution >= 0.6 is 0 Å². The number of carbonyl (C=O) groups is 1. The van der Waals surface area contributed by atoms with Crippen molar-refractivity contribution in [1.82, 2.24) is 5.32 Å². The van der Waals surface area contributed by atoms with Crippen LogP contribution in [-0.2, 0) is 4.79 Å². The van der Waals surface area contributed by atoms with Crippen molar-refractivity contribution in [3.63, 3.8) is 0 Å². The van der Waals surface area contributed by atoms with E-state index < -0.39 is 0 Å². The van der Waals surface area contributed by atoms with Gasteiger partial charge in [-0.3, -0.25) is 4.79 Å². The van der Waals surface area contributed by atoms with Crippen molar-refractivity contribution in [2.75, 3.05) is 6.54 Å². The molecule has 2 unspecified atom stereocenters. The van der Waals surface area contributed by atoms with Gasteiger partial charge in [0.05, 0.1) is 0 Å². The Morgan fingerprint density at radius 3 is 2.50 bits per heavy atom. The van der Waals surface area contributed by atoms with Gasteiger partial charge in [0.1, 0.15) is 0 Å². The van der Waals surface area contributed by atoms with Gasteiger partial charge in [-0.25, -0.2) is 0 Å². The molecular weight excluding hydrogens is 200 g/mol. The molecule has 0 radical (unpaired) electrons. The minimum Gasteiger partial charge on any atom is -0.353 e. The summed E-state index contributed by atoms with van der Waals surface area (Å²) < 4.78 is 0. The number of carbonyl (C=O) groups excluding carboxylic acids is 1. The summed E-state index contributed by atoms with van der Waals surface area (Å²) in [6.45, 7) is 4.90. The highest BCUT2D eigenvalue weighted by atomic mass is 16.1. The lowest BCUT2D eigenvalue weighted by molar-refractivity contribution is -0.128. The van der Waals surface area contributed by atoms with Crippen molar-refractivity contribution >= 4 is 5.91 Å². The van der Waals surface area contributed by atoms with E-state index in [1.165, 1.54) is 12.8 Å². The van der Waals surface area contributed by atoms with Gasteiger partial charge >= 0.3 is 0 Å². The molecule has 3 nitrogen and oxygen atoms in total. The number of nitrogens with two attached hydrogens (primary N) is 1. The van der Waals surface area contributed by atoms with Gasteiger partial charge in [0.15, 0.2) is 0 Å². The van der Waals surface area contributed by atoms with Gasteiger partial charge in [-0.05, 0) is 38.1 Å². The quantitative estimate of drug-likeness (QED) is 0.754. The van der Waals surface area contributed by atoms with E-state index in [-0.39, 0.29) is 11.8 Å². The number of rotatable bonds is 5. The predicted molar refractivity (Wildman–Crippen MR) is 67.0 cm³/mol. The topological polar surface area (TPSA) is 55.1 Å². The second-order valence-corrected chi connectivity index (χ2v) is 4.91. The van der Waals surface area contributed by atoms with Crippen LogP contribution in [0.25, 0.3) is 0 Å². The fourth-order valence-corrected chi connectivity index (χ4v) is 2.64. The molecule has 0 aliphatic heterocycles. The number of hydrogen-bond donors (Lipinski definition) is 2. The second kappa shape index (κ2) is 6.89. The van der Waals surface area contributed by atoms with E-state index in [0.29, 0.717) is 18.5 Å². The fourth-order valence-electron chi connectivity index (χ4n) is 2.64. The molecule has 1 saturated carbocycles. The zero-order valence-corrected chi connectivity index (χ0v) is 10.7. The normalized spacial score (nSPS) is 25.8. The van der Waals surface area contributed by atoms with E-state index in [2.05, 4.69) is 19.2 Å². The summed E-state index contributed by atoms with van der Waals surface area (Å²) in [5, 5.41) is 3.16. The number of nitrogens with one attached hydrogen (secondary N) is 1. The van der Waals surface area contributed by atoms with Crippen LogP contribution in [0.15, 0.2) is 0 Å². The lowest BCUT2D eigenvalue weighted by Crippen LogP contribution is -2.43. The first-order chi connectivity index (χ1) is 7.72. The van der Waals surface area contributed by atoms with E-state index in [0.717, 1.165) is 25.7 Å². The maximum atomic E-state index is 12.1. The van der Waals surface area contributed by atoms with E-state index in [4.69, 9.17) is 5.73 Å². The molecule has 0 aromatic carbocycles. The van der Waals surface area contributed by atoms with Gasteiger partial charge in [-0.2, -0.15) is 0 Å². The molecule has 0 saturated heterocycles. The summed E-state index contributed by atoms with van der Waals surface area (Å²) in [4.78, 5) is 12.1. The van der Waals surface area contributed by atoms with Gasteiger partial charge in [0.25, 0.3) is 0 Å². The largest absolute Gasteiger partial charge is 0.353 e. The van der Waals surface area contributed by atoms with Crippen LogP contribution in [0.1, 0.15) is 52.4 Å². The van der Waals surface area contributed by atoms with Gasteiger partial charge < -0.3 is 11.1 Å². The van der Waals surface area contributed by atoms with Crippen LogP contribution in [0.2, 0.25) is 0 Å². The minimum atomic E-state index is 0.166. The third-order valence-corrected chi connectivity index (χ3v) is 3.88. The lowest BCUT2D eigenvalue weighted by atomic mass is 9.78. The van der Waals surface area contributed by atoms with Gasteiger partial charge in [0, 0.05) is 12.0 Å². The monoisotopic (exact) mass is 226 g/mol. The summed E-state index contributed by atoms with van der Waals surface area (Å²) in [5.74, 6) is 0.811. The third kappa shape index (κ3) is 3.48. The summed E-state index contributed by atoms with van der Waals surface area (Å²) in [6, 6.07) is 0.341. The Bertz CT molecular complexity index is 214. The van der Waals surface area contributed by atoms with Crippen molar-refractivity contribution in [3.05, 3.63) is 0 Å². The molecule has 0 bridgehead atoms. The molecule has 0 heterocycles. The maximum absolute atomic E-state index is 12.1. The molecule has 3 N–H and O–H groups in total. The van der Waals surface area contributed by atoms with Crippen molar-refractivity contribution in [2.24, 2.45) is 17.6 Å². The van der Waals surface area contributed by atoms with Crippen molar-refractivity contribution in [3.8, 4) is 0 Å². The predicted octanol–water partition coefficient (Wildman–Crippen LogP) is 2.06. The summed E-state index contributed by atoms with van der Waals surface area (Å²) >= 11 is 0. The molecule has 1 amide bonds. The van der Waals surface area contributed by atoms with Crippen LogP contribution in [0, 0.1) is 11.8 Å². The first-order valence-corrected chi connectivity index (χ1v) is 6.73. The second-order valence-electron chi connectivity index (χ2n) is 4.91. The zero-order valence-electron chi connectivity index (χ0n) is 10.7. The lowest BCUT2D eigenvalue weighted by Gasteiger charge is -2.30. The van der Waals surface area contributed by atoms with E-state index in [9.17, 15) is 4.79 Å². The smallest absolute Gasteiger partial charge is 0.223 e. The third-order valence-electron chi connectivity index (χ3n) is 3.88. The minimum absolute atomic E-state index is 0.166. The summed E-state index contributed by atoms with van der Waals surface area (Å²) in [5.41, 5.74) is 5.75. The highest BCUT2D eigenvalue weighted by molar-refractivity contribution is 5.79. The van der Waals surface area contributed by atoms with E-state index in [1.807, 2.05) is 0 Å². The molecule has 0 spiro atoms. The van der Waals surface area contributed by atoms with Crippen molar-refractivity contribution in [1.29, 1.82) is 0 Å². The molecule has 1 aliphatic rings. The SMILES string of the molecule is CCC(CC)NC(=O)C1CCCCC1CN. The number of amides is 1. The van der Waals surface area contributed by atoms with Gasteiger partial charge in [0.2, 0.25) is 5.91 Å². The standard InChI is InChI=1S/C13H26N2O/c1-3-11(4-2)15-13(16)12-8-6-5-7-10(12)9-14/h10-12H,3-9,14H2,1-2H3,(H,15,16). The van der Waals surface area contributed by atoms with Gasteiger partial charge in [-0.15, -0.1) is 0 Å². The van der Waals surface area contributed by atoms with Gasteiger partial charge in [-0.1, -0.05) is 26.7 Å². The zero-order chi connectivity index (χ0) is 12.0. The first-order valence-electron chi connectivity index (χ1n) is 6.73. The van der Waals surface area contributed by atoms with E-state index >= 15 is 0 Å². The Labute approximate surface area is 99.2 Å². The van der Waals surface area contributed by atoms with Crippen molar-refractivity contribution < 1.29 is 4.79 Å². The Balaban J connectivity index is 2.50. The highest BCUT2D eigenvalue weighted by Crippen LogP contribution is 2.29. The van der Waals surface area contributed by atoms with Crippen LogP contribution in [0.4, 0.5) is 0 Å². The average molecular weight is 226 g/mol. The van der Waals surface area contributed by atoms with Crippen LogP contribution in [0.5, 0.6) is 0 Å². The molecule has 1 fully saturated rings. The molecule has 1 aliphatic carbocycles. The van der Waals surface area contributed by atoms with Crippen LogP contribution < -0.4 is 11.1 Å². The molecule has 1 rings (SSSR count). The van der Waals surface area contributed by atoms with Crippen molar-refractivity contribution in [2.45, 2.75) is 58.4 Å². The number of hydrogen-bond acceptors (Lipinski definition) is 2. The Kier molecular flexibility index (Phi) is 5.81. The summed E-state index contributed by atoms with van der Waals surface area (Å²) in [7, 11) is 0. The fraction of sp³-hybridized carbons (Fsp3) is 0.923. The average Bonchev–Trinajstić information content (AvgIpc) is 2.35. The maximum Gasteiger partial charge on any atom is 0.223 e. The van der Waals surface area contributed by atoms with Crippen LogP contribution in [0.3, 0.4) is 0 Å². The molecule has 3 heteroatoms. The molecule has 0 aromatic heterocycles. The molecule has 2 atom stereocenters. The first kappa shape index (κ1) is 13.5. The Morgan fingerprint density at radius 1 is 1.31 bits per heavy atom. The molecule has 0 aromatic rings. The highest BCUT2D eigenvalue weighted by Gasteiger charge is 2.30. The molecule has 16 heavy (non-hydrogen) atoms. The molecular formula is C13H26N2O. The summed E-state index contributed by atoms with van der Waals surface area (Å²) in [6.07, 6.45) is 6.59.